The summed E-state index contributed by atoms with van der Waals surface area (Å²) in [5.74, 6) is 1.22. The zero-order chi connectivity index (χ0) is 18.5. The second-order valence-corrected chi connectivity index (χ2v) is 6.78. The fourth-order valence-electron chi connectivity index (χ4n) is 3.52. The second kappa shape index (κ2) is 8.22. The predicted molar refractivity (Wildman–Crippen MR) is 101 cm³/mol. The van der Waals surface area contributed by atoms with Gasteiger partial charge in [-0.25, -0.2) is 0 Å². The van der Waals surface area contributed by atoms with Gasteiger partial charge in [0.2, 0.25) is 0 Å². The molecule has 1 aromatic carbocycles. The minimum atomic E-state index is -0.241. The van der Waals surface area contributed by atoms with Crippen LogP contribution in [-0.4, -0.2) is 35.6 Å². The minimum Gasteiger partial charge on any atom is -0.468 e. The zero-order valence-electron chi connectivity index (χ0n) is 15.1. The first-order valence-electron chi connectivity index (χ1n) is 9.39. The van der Waals surface area contributed by atoms with Crippen LogP contribution in [0.25, 0.3) is 11.3 Å². The lowest BCUT2D eigenvalue weighted by atomic mass is 10.1. The number of hydrogen-bond acceptors (Lipinski definition) is 5. The summed E-state index contributed by atoms with van der Waals surface area (Å²) in [6, 6.07) is 15.2. The first kappa shape index (κ1) is 17.5. The van der Waals surface area contributed by atoms with Crippen LogP contribution >= 0.6 is 0 Å². The van der Waals surface area contributed by atoms with E-state index < -0.39 is 0 Å². The van der Waals surface area contributed by atoms with E-state index in [-0.39, 0.29) is 17.6 Å². The molecule has 3 heterocycles. The Bertz CT molecular complexity index is 852. The number of rotatable bonds is 6. The summed E-state index contributed by atoms with van der Waals surface area (Å²) in [4.78, 5) is 14.9. The number of carbonyl (C=O) groups is 1. The van der Waals surface area contributed by atoms with Gasteiger partial charge < -0.3 is 14.3 Å². The van der Waals surface area contributed by atoms with Crippen LogP contribution in [0.4, 0.5) is 0 Å². The molecule has 0 radical (unpaired) electrons. The summed E-state index contributed by atoms with van der Waals surface area (Å²) in [7, 11) is 0. The maximum atomic E-state index is 12.6. The van der Waals surface area contributed by atoms with Gasteiger partial charge in [0.25, 0.3) is 5.91 Å². The lowest BCUT2D eigenvalue weighted by Crippen LogP contribution is -2.40. The maximum absolute atomic E-state index is 12.6. The quantitative estimate of drug-likeness (QED) is 0.717. The van der Waals surface area contributed by atoms with E-state index in [1.54, 1.807) is 12.3 Å². The Hall–Kier alpha value is -2.86. The molecule has 6 nitrogen and oxygen atoms in total. The van der Waals surface area contributed by atoms with Gasteiger partial charge in [0.1, 0.15) is 5.76 Å². The van der Waals surface area contributed by atoms with Crippen molar-refractivity contribution in [1.29, 1.82) is 0 Å². The average Bonchev–Trinajstić information content (AvgIpc) is 3.42. The van der Waals surface area contributed by atoms with Crippen LogP contribution in [0.5, 0.6) is 0 Å². The standard InChI is InChI=1S/C21H23N3O3/c25-21(17-14-20(27-23-17)16-8-3-1-4-9-16)22-15-18(19-10-7-13-26-19)24-11-5-2-6-12-24/h1,3-4,7-10,13-14,18H,2,5-6,11-12,15H2,(H,22,25). The van der Waals surface area contributed by atoms with Gasteiger partial charge in [-0.3, -0.25) is 9.69 Å². The molecule has 1 aliphatic heterocycles. The third-order valence-electron chi connectivity index (χ3n) is 4.96. The van der Waals surface area contributed by atoms with Crippen LogP contribution in [0.15, 0.2) is 63.7 Å². The SMILES string of the molecule is O=C(NCC(c1ccco1)N1CCCCC1)c1cc(-c2ccccc2)on1. The average molecular weight is 365 g/mol. The van der Waals surface area contributed by atoms with Crippen LogP contribution in [-0.2, 0) is 0 Å². The van der Waals surface area contributed by atoms with E-state index in [0.29, 0.717) is 12.3 Å². The number of piperidine rings is 1. The van der Waals surface area contributed by atoms with Gasteiger partial charge in [-0.2, -0.15) is 0 Å². The molecule has 0 saturated carbocycles. The molecule has 1 fully saturated rings. The van der Waals surface area contributed by atoms with Crippen molar-refractivity contribution in [3.63, 3.8) is 0 Å². The number of carbonyl (C=O) groups excluding carboxylic acids is 1. The molecular formula is C21H23N3O3. The highest BCUT2D eigenvalue weighted by molar-refractivity contribution is 5.93. The van der Waals surface area contributed by atoms with Crippen LogP contribution in [0, 0.1) is 0 Å². The highest BCUT2D eigenvalue weighted by atomic mass is 16.5. The summed E-state index contributed by atoms with van der Waals surface area (Å²) in [6.45, 7) is 2.51. The summed E-state index contributed by atoms with van der Waals surface area (Å²) in [5, 5.41) is 6.91. The molecule has 3 aromatic rings. The minimum absolute atomic E-state index is 0.0322. The highest BCUT2D eigenvalue weighted by Gasteiger charge is 2.25. The van der Waals surface area contributed by atoms with Gasteiger partial charge in [-0.1, -0.05) is 41.9 Å². The van der Waals surface area contributed by atoms with E-state index >= 15 is 0 Å². The molecule has 1 unspecified atom stereocenters. The summed E-state index contributed by atoms with van der Waals surface area (Å²) < 4.78 is 10.9. The van der Waals surface area contributed by atoms with Crippen molar-refractivity contribution in [1.82, 2.24) is 15.4 Å². The van der Waals surface area contributed by atoms with Crippen LogP contribution in [0.2, 0.25) is 0 Å². The van der Waals surface area contributed by atoms with Crippen molar-refractivity contribution < 1.29 is 13.7 Å². The highest BCUT2D eigenvalue weighted by Crippen LogP contribution is 2.25. The van der Waals surface area contributed by atoms with Crippen LogP contribution in [0.1, 0.15) is 41.6 Å². The molecule has 4 rings (SSSR count). The van der Waals surface area contributed by atoms with Gasteiger partial charge in [0, 0.05) is 18.2 Å². The largest absolute Gasteiger partial charge is 0.468 e. The Balaban J connectivity index is 1.43. The van der Waals surface area contributed by atoms with Crippen molar-refractivity contribution in [3.05, 3.63) is 66.2 Å². The molecule has 1 amide bonds. The van der Waals surface area contributed by atoms with Crippen molar-refractivity contribution >= 4 is 5.91 Å². The Morgan fingerprint density at radius 1 is 1.11 bits per heavy atom. The van der Waals surface area contributed by atoms with Gasteiger partial charge in [-0.05, 0) is 38.1 Å². The first-order valence-corrected chi connectivity index (χ1v) is 9.39. The fraction of sp³-hybridized carbons (Fsp3) is 0.333. The van der Waals surface area contributed by atoms with Crippen molar-refractivity contribution in [2.75, 3.05) is 19.6 Å². The first-order chi connectivity index (χ1) is 13.3. The molecule has 1 N–H and O–H groups in total. The molecule has 1 saturated heterocycles. The number of nitrogens with zero attached hydrogens (tertiary/aromatic N) is 2. The molecule has 27 heavy (non-hydrogen) atoms. The molecule has 140 valence electrons. The lowest BCUT2D eigenvalue weighted by Gasteiger charge is -2.33. The number of furan rings is 1. The van der Waals surface area contributed by atoms with Crippen molar-refractivity contribution in [2.45, 2.75) is 25.3 Å². The Labute approximate surface area is 158 Å². The molecule has 0 bridgehead atoms. The molecule has 0 spiro atoms. The molecule has 2 aromatic heterocycles. The monoisotopic (exact) mass is 365 g/mol. The third-order valence-corrected chi connectivity index (χ3v) is 4.96. The number of likely N-dealkylation sites (tertiary alicyclic amines) is 1. The second-order valence-electron chi connectivity index (χ2n) is 6.78. The Kier molecular flexibility index (Phi) is 5.34. The number of hydrogen-bond donors (Lipinski definition) is 1. The summed E-state index contributed by atoms with van der Waals surface area (Å²) in [5.41, 5.74) is 1.18. The number of amides is 1. The molecule has 1 atom stereocenters. The Morgan fingerprint density at radius 3 is 2.67 bits per heavy atom. The topological polar surface area (TPSA) is 71.5 Å². The molecule has 0 aliphatic carbocycles. The smallest absolute Gasteiger partial charge is 0.273 e. The number of nitrogens with one attached hydrogen (secondary N) is 1. The van der Waals surface area contributed by atoms with Crippen molar-refractivity contribution in [3.8, 4) is 11.3 Å². The van der Waals surface area contributed by atoms with Gasteiger partial charge in [-0.15, -0.1) is 0 Å². The predicted octanol–water partition coefficient (Wildman–Crippen LogP) is 3.89. The van der Waals surface area contributed by atoms with E-state index in [4.69, 9.17) is 8.94 Å². The van der Waals surface area contributed by atoms with E-state index in [1.165, 1.54) is 19.3 Å². The third kappa shape index (κ3) is 4.11. The van der Waals surface area contributed by atoms with E-state index in [9.17, 15) is 4.79 Å². The lowest BCUT2D eigenvalue weighted by molar-refractivity contribution is 0.0905. The van der Waals surface area contributed by atoms with Gasteiger partial charge >= 0.3 is 0 Å². The fourth-order valence-corrected chi connectivity index (χ4v) is 3.52. The van der Waals surface area contributed by atoms with E-state index in [2.05, 4.69) is 15.4 Å². The zero-order valence-corrected chi connectivity index (χ0v) is 15.1. The van der Waals surface area contributed by atoms with Crippen molar-refractivity contribution in [2.24, 2.45) is 0 Å². The van der Waals surface area contributed by atoms with E-state index in [1.807, 2.05) is 42.5 Å². The van der Waals surface area contributed by atoms with Crippen LogP contribution in [0.3, 0.4) is 0 Å². The van der Waals surface area contributed by atoms with E-state index in [0.717, 1.165) is 24.4 Å². The number of aromatic nitrogens is 1. The maximum Gasteiger partial charge on any atom is 0.273 e. The van der Waals surface area contributed by atoms with Crippen LogP contribution < -0.4 is 5.32 Å². The summed E-state index contributed by atoms with van der Waals surface area (Å²) >= 11 is 0. The molecule has 1 aliphatic rings. The van der Waals surface area contributed by atoms with Gasteiger partial charge in [0.05, 0.1) is 12.3 Å². The summed E-state index contributed by atoms with van der Waals surface area (Å²) in [6.07, 6.45) is 5.29. The van der Waals surface area contributed by atoms with Gasteiger partial charge in [0.15, 0.2) is 11.5 Å². The number of benzene rings is 1. The normalized spacial score (nSPS) is 16.1. The molecular weight excluding hydrogens is 342 g/mol. The molecule has 6 heteroatoms. The Morgan fingerprint density at radius 2 is 1.93 bits per heavy atom.